The largest absolute Gasteiger partial charge is 0.393 e. The fraction of sp³-hybridized carbons (Fsp3) is 0.429. The molecular formula is C14H19FN2OS. The van der Waals surface area contributed by atoms with Crippen molar-refractivity contribution in [2.24, 2.45) is 11.7 Å². The van der Waals surface area contributed by atoms with E-state index < -0.39 is 0 Å². The first-order valence-corrected chi connectivity index (χ1v) is 6.66. The molecule has 0 aromatic heterocycles. The molecule has 1 amide bonds. The van der Waals surface area contributed by atoms with Gasteiger partial charge in [-0.1, -0.05) is 31.3 Å². The number of halogens is 1. The minimum absolute atomic E-state index is 0.0218. The van der Waals surface area contributed by atoms with E-state index in [1.54, 1.807) is 17.0 Å². The Morgan fingerprint density at radius 1 is 1.53 bits per heavy atom. The molecule has 1 rings (SSSR count). The first kappa shape index (κ1) is 15.6. The third kappa shape index (κ3) is 4.95. The molecule has 1 unspecified atom stereocenters. The van der Waals surface area contributed by atoms with Crippen molar-refractivity contribution in [1.82, 2.24) is 4.90 Å². The molecule has 0 aliphatic rings. The van der Waals surface area contributed by atoms with Crippen molar-refractivity contribution in [2.45, 2.75) is 20.3 Å². The summed E-state index contributed by atoms with van der Waals surface area (Å²) in [5, 5.41) is 0. The van der Waals surface area contributed by atoms with Crippen molar-refractivity contribution in [3.8, 4) is 0 Å². The highest BCUT2D eigenvalue weighted by molar-refractivity contribution is 7.80. The van der Waals surface area contributed by atoms with Gasteiger partial charge >= 0.3 is 0 Å². The van der Waals surface area contributed by atoms with Crippen molar-refractivity contribution in [2.75, 3.05) is 13.1 Å². The zero-order chi connectivity index (χ0) is 14.4. The van der Waals surface area contributed by atoms with Crippen LogP contribution in [0.4, 0.5) is 4.39 Å². The molecule has 0 aliphatic heterocycles. The van der Waals surface area contributed by atoms with Crippen LogP contribution in [-0.2, 0) is 11.2 Å². The van der Waals surface area contributed by atoms with Gasteiger partial charge in [0.1, 0.15) is 5.82 Å². The van der Waals surface area contributed by atoms with E-state index >= 15 is 0 Å². The average molecular weight is 282 g/mol. The quantitative estimate of drug-likeness (QED) is 0.813. The van der Waals surface area contributed by atoms with Crippen molar-refractivity contribution in [3.63, 3.8) is 0 Å². The van der Waals surface area contributed by atoms with Crippen LogP contribution in [-0.4, -0.2) is 28.9 Å². The number of amides is 1. The van der Waals surface area contributed by atoms with Gasteiger partial charge in [0.05, 0.1) is 11.4 Å². The van der Waals surface area contributed by atoms with Gasteiger partial charge in [0.25, 0.3) is 0 Å². The van der Waals surface area contributed by atoms with Gasteiger partial charge in [-0.2, -0.15) is 0 Å². The van der Waals surface area contributed by atoms with Crippen LogP contribution in [0.3, 0.4) is 0 Å². The Kier molecular flexibility index (Phi) is 5.89. The molecule has 0 fully saturated rings. The third-order valence-electron chi connectivity index (χ3n) is 2.96. The second-order valence-electron chi connectivity index (χ2n) is 4.54. The molecule has 19 heavy (non-hydrogen) atoms. The number of carbonyl (C=O) groups is 1. The lowest BCUT2D eigenvalue weighted by Gasteiger charge is -2.24. The van der Waals surface area contributed by atoms with E-state index in [-0.39, 0.29) is 24.1 Å². The molecule has 0 aliphatic carbocycles. The van der Waals surface area contributed by atoms with E-state index in [1.165, 1.54) is 12.1 Å². The predicted molar refractivity (Wildman–Crippen MR) is 78.3 cm³/mol. The van der Waals surface area contributed by atoms with Gasteiger partial charge in [0.15, 0.2) is 0 Å². The summed E-state index contributed by atoms with van der Waals surface area (Å²) in [5.41, 5.74) is 6.23. The molecule has 0 heterocycles. The van der Waals surface area contributed by atoms with Crippen LogP contribution in [0.5, 0.6) is 0 Å². The lowest BCUT2D eigenvalue weighted by Crippen LogP contribution is -2.38. The second-order valence-corrected chi connectivity index (χ2v) is 5.01. The first-order chi connectivity index (χ1) is 8.93. The van der Waals surface area contributed by atoms with Gasteiger partial charge in [-0.05, 0) is 24.6 Å². The van der Waals surface area contributed by atoms with Crippen LogP contribution >= 0.6 is 12.2 Å². The summed E-state index contributed by atoms with van der Waals surface area (Å²) >= 11 is 4.91. The van der Waals surface area contributed by atoms with E-state index in [1.807, 2.05) is 13.8 Å². The predicted octanol–water partition coefficient (Wildman–Crippen LogP) is 2.14. The summed E-state index contributed by atoms with van der Waals surface area (Å²) < 4.78 is 13.1. The van der Waals surface area contributed by atoms with Gasteiger partial charge in [0, 0.05) is 19.0 Å². The van der Waals surface area contributed by atoms with Gasteiger partial charge in [-0.25, -0.2) is 4.39 Å². The lowest BCUT2D eigenvalue weighted by atomic mass is 10.1. The highest BCUT2D eigenvalue weighted by Gasteiger charge is 2.16. The van der Waals surface area contributed by atoms with E-state index in [0.29, 0.717) is 23.6 Å². The molecule has 0 saturated carbocycles. The number of likely N-dealkylation sites (N-methyl/N-ethyl adjacent to an activating group) is 1. The summed E-state index contributed by atoms with van der Waals surface area (Å²) in [6.45, 7) is 4.87. The summed E-state index contributed by atoms with van der Waals surface area (Å²) in [4.78, 5) is 14.2. The fourth-order valence-corrected chi connectivity index (χ4v) is 1.84. The number of rotatable bonds is 6. The summed E-state index contributed by atoms with van der Waals surface area (Å²) in [5.74, 6) is -0.396. The number of hydrogen-bond acceptors (Lipinski definition) is 2. The standard InChI is InChI=1S/C14H19FN2OS/c1-3-17(9-10(2)14(16)19)13(18)8-11-5-4-6-12(15)7-11/h4-7,10H,3,8-9H2,1-2H3,(H2,16,19). The maximum Gasteiger partial charge on any atom is 0.227 e. The summed E-state index contributed by atoms with van der Waals surface area (Å²) in [6.07, 6.45) is 0.190. The average Bonchev–Trinajstić information content (AvgIpc) is 2.35. The highest BCUT2D eigenvalue weighted by atomic mass is 32.1. The van der Waals surface area contributed by atoms with E-state index in [9.17, 15) is 9.18 Å². The van der Waals surface area contributed by atoms with Crippen LogP contribution in [0, 0.1) is 11.7 Å². The monoisotopic (exact) mass is 282 g/mol. The number of carbonyl (C=O) groups excluding carboxylic acids is 1. The minimum atomic E-state index is -0.329. The maximum absolute atomic E-state index is 13.1. The topological polar surface area (TPSA) is 46.3 Å². The Balaban J connectivity index is 2.66. The van der Waals surface area contributed by atoms with Gasteiger partial charge in [0.2, 0.25) is 5.91 Å². The number of nitrogens with zero attached hydrogens (tertiary/aromatic N) is 1. The summed E-state index contributed by atoms with van der Waals surface area (Å²) in [7, 11) is 0. The molecule has 1 aromatic carbocycles. The normalized spacial score (nSPS) is 11.9. The Labute approximate surface area is 118 Å². The molecule has 0 saturated heterocycles. The van der Waals surface area contributed by atoms with Crippen LogP contribution in [0.1, 0.15) is 19.4 Å². The molecule has 3 nitrogen and oxygen atoms in total. The van der Waals surface area contributed by atoms with Crippen molar-refractivity contribution in [3.05, 3.63) is 35.6 Å². The SMILES string of the molecule is CCN(CC(C)C(N)=S)C(=O)Cc1cccc(F)c1. The zero-order valence-corrected chi connectivity index (χ0v) is 12.0. The first-order valence-electron chi connectivity index (χ1n) is 6.25. The third-order valence-corrected chi connectivity index (χ3v) is 3.36. The lowest BCUT2D eigenvalue weighted by molar-refractivity contribution is -0.130. The Morgan fingerprint density at radius 2 is 2.21 bits per heavy atom. The molecule has 0 spiro atoms. The highest BCUT2D eigenvalue weighted by Crippen LogP contribution is 2.08. The molecule has 5 heteroatoms. The molecular weight excluding hydrogens is 263 g/mol. The molecule has 0 radical (unpaired) electrons. The van der Waals surface area contributed by atoms with E-state index in [4.69, 9.17) is 18.0 Å². The Morgan fingerprint density at radius 3 is 2.74 bits per heavy atom. The number of thiocarbonyl (C=S) groups is 1. The van der Waals surface area contributed by atoms with Crippen molar-refractivity contribution in [1.29, 1.82) is 0 Å². The Hall–Kier alpha value is -1.49. The van der Waals surface area contributed by atoms with Gasteiger partial charge in [-0.3, -0.25) is 4.79 Å². The number of benzene rings is 1. The Bertz CT molecular complexity index is 465. The van der Waals surface area contributed by atoms with E-state index in [0.717, 1.165) is 0 Å². The van der Waals surface area contributed by atoms with E-state index in [2.05, 4.69) is 0 Å². The maximum atomic E-state index is 13.1. The molecule has 104 valence electrons. The zero-order valence-electron chi connectivity index (χ0n) is 11.2. The van der Waals surface area contributed by atoms with Gasteiger partial charge in [-0.15, -0.1) is 0 Å². The number of nitrogens with two attached hydrogens (primary N) is 1. The minimum Gasteiger partial charge on any atom is -0.393 e. The van der Waals surface area contributed by atoms with Crippen molar-refractivity contribution >= 4 is 23.1 Å². The molecule has 0 bridgehead atoms. The smallest absolute Gasteiger partial charge is 0.227 e. The van der Waals surface area contributed by atoms with Gasteiger partial charge < -0.3 is 10.6 Å². The van der Waals surface area contributed by atoms with Crippen LogP contribution in [0.2, 0.25) is 0 Å². The van der Waals surface area contributed by atoms with Crippen LogP contribution in [0.25, 0.3) is 0 Å². The molecule has 2 N–H and O–H groups in total. The van der Waals surface area contributed by atoms with Crippen molar-refractivity contribution < 1.29 is 9.18 Å². The second kappa shape index (κ2) is 7.19. The fourth-order valence-electron chi connectivity index (χ4n) is 1.76. The molecule has 1 atom stereocenters. The number of hydrogen-bond donors (Lipinski definition) is 1. The molecule has 1 aromatic rings. The van der Waals surface area contributed by atoms with Crippen LogP contribution < -0.4 is 5.73 Å². The van der Waals surface area contributed by atoms with Crippen LogP contribution in [0.15, 0.2) is 24.3 Å². The summed E-state index contributed by atoms with van der Waals surface area (Å²) in [6, 6.07) is 6.08.